The van der Waals surface area contributed by atoms with Crippen LogP contribution in [0.15, 0.2) is 234 Å². The highest BCUT2D eigenvalue weighted by Gasteiger charge is 2.15. The lowest BCUT2D eigenvalue weighted by Crippen LogP contribution is -1.78. The summed E-state index contributed by atoms with van der Waals surface area (Å²) in [6, 6.07) is 62.4. The summed E-state index contributed by atoms with van der Waals surface area (Å²) in [7, 11) is 8.07. The van der Waals surface area contributed by atoms with Gasteiger partial charge in [0.15, 0.2) is 52.1 Å². The van der Waals surface area contributed by atoms with E-state index in [9.17, 15) is 0 Å². The summed E-state index contributed by atoms with van der Waals surface area (Å²) in [6.07, 6.45) is 0. The topological polar surface area (TPSA) is 155 Å². The van der Waals surface area contributed by atoms with Crippen LogP contribution in [0.5, 0.6) is 0 Å². The van der Waals surface area contributed by atoms with Crippen molar-refractivity contribution in [1.82, 2.24) is 61.2 Å². The van der Waals surface area contributed by atoms with Crippen LogP contribution in [-0.4, -0.2) is 61.2 Å². The molecule has 0 amide bonds. The molecule has 12 nitrogen and oxygen atoms in total. The van der Waals surface area contributed by atoms with Gasteiger partial charge in [-0.25, -0.2) is 0 Å². The lowest BCUT2D eigenvalue weighted by molar-refractivity contribution is 0.939. The molecule has 0 atom stereocenters. The highest BCUT2D eigenvalue weighted by molar-refractivity contribution is 9.09. The lowest BCUT2D eigenvalue weighted by atomic mass is 10.2. The summed E-state index contributed by atoms with van der Waals surface area (Å²) < 4.78 is 11.5. The zero-order valence-corrected chi connectivity index (χ0v) is 58.0. The van der Waals surface area contributed by atoms with Crippen LogP contribution in [0.25, 0.3) is 0 Å². The van der Waals surface area contributed by atoms with Crippen molar-refractivity contribution in [2.24, 2.45) is 0 Å². The van der Waals surface area contributed by atoms with Gasteiger partial charge in [-0.3, -0.25) is 0 Å². The highest BCUT2D eigenvalue weighted by atomic mass is 33.5. The second-order valence-corrected chi connectivity index (χ2v) is 37.9. The van der Waals surface area contributed by atoms with Crippen molar-refractivity contribution in [3.63, 3.8) is 0 Å². The molecule has 6 aromatic carbocycles. The Morgan fingerprint density at radius 3 is 0.607 bits per heavy atom. The third kappa shape index (κ3) is 23.1. The highest BCUT2D eigenvalue weighted by Crippen LogP contribution is 2.48. The lowest BCUT2D eigenvalue weighted by Gasteiger charge is -1.96. The molecule has 12 aromatic rings. The van der Waals surface area contributed by atoms with Crippen LogP contribution in [0.1, 0.15) is 33.4 Å². The van der Waals surface area contributed by atoms with Crippen molar-refractivity contribution in [3.05, 3.63) is 215 Å². The van der Waals surface area contributed by atoms with Crippen LogP contribution in [-0.2, 0) is 34.5 Å². The van der Waals surface area contributed by atoms with Crippen molar-refractivity contribution < 1.29 is 0 Å². The van der Waals surface area contributed by atoms with Gasteiger partial charge in [0.1, 0.15) is 0 Å². The Morgan fingerprint density at radius 2 is 0.381 bits per heavy atom. The molecule has 426 valence electrons. The first-order valence-corrected chi connectivity index (χ1v) is 41.9. The zero-order valence-electron chi connectivity index (χ0n) is 43.3. The predicted octanol–water partition coefficient (Wildman–Crippen LogP) is 20.3. The standard InChI is InChI=1S/C18H14N4S7.C18H14N4S6.C18H14N4S5/c1-3-7-13(8-4-1)11-23-15-19-21-17(25-15)27-29-28-18-22-20-16(26-18)24-12-14-9-5-2-6-10-14;1-3-7-13(8-4-1)11-23-15-19-21-17(25-15)27-28-18-22-20-16(26-18)24-12-14-9-5-2-6-10-14;1-3-7-13(8-4-1)11-23-15-19-21-17(25-15)27-18-22-20-16(26-18)24-12-14-9-5-2-6-10-14/h1-10H,11-12H2;1-10H,11-12H2;1-10H,11-12H2. The molecule has 0 aliphatic heterocycles. The Morgan fingerprint density at radius 1 is 0.202 bits per heavy atom. The van der Waals surface area contributed by atoms with Crippen LogP contribution in [0.2, 0.25) is 0 Å². The molecule has 0 radical (unpaired) electrons. The molecule has 0 fully saturated rings. The van der Waals surface area contributed by atoms with E-state index in [1.54, 1.807) is 192 Å². The van der Waals surface area contributed by atoms with Crippen LogP contribution in [0.3, 0.4) is 0 Å². The first-order chi connectivity index (χ1) is 41.5. The molecule has 0 N–H and O–H groups in total. The largest absolute Gasteiger partial charge is 0.186 e. The van der Waals surface area contributed by atoms with E-state index in [1.165, 1.54) is 45.1 Å². The van der Waals surface area contributed by atoms with Gasteiger partial charge in [-0.1, -0.05) is 321 Å². The molecule has 0 aliphatic rings. The third-order valence-electron chi connectivity index (χ3n) is 10.1. The molecule has 0 saturated carbocycles. The van der Waals surface area contributed by atoms with Gasteiger partial charge in [-0.05, 0) is 98.1 Å². The smallest absolute Gasteiger partial charge is 0.131 e. The molecule has 6 aromatic heterocycles. The van der Waals surface area contributed by atoms with Gasteiger partial charge in [0.25, 0.3) is 0 Å². The fourth-order valence-electron chi connectivity index (χ4n) is 6.29. The van der Waals surface area contributed by atoms with Gasteiger partial charge in [-0.15, -0.1) is 61.2 Å². The first kappa shape index (κ1) is 63.9. The molecule has 0 spiro atoms. The SMILES string of the molecule is c1ccc(CSc2nnc(SSSc3nnc(SCc4ccccc4)s3)s2)cc1.c1ccc(CSc2nnc(SSc3nnc(SCc4ccccc4)s3)s2)cc1.c1ccc(CSc2nnc(Sc3nnc(SCc4ccccc4)s3)s2)cc1. The Kier molecular flexibility index (Phi) is 27.7. The monoisotopic (exact) mass is 1430 g/mol. The maximum Gasteiger partial charge on any atom is 0.186 e. The van der Waals surface area contributed by atoms with Crippen LogP contribution in [0.4, 0.5) is 0 Å². The van der Waals surface area contributed by atoms with E-state index in [4.69, 9.17) is 0 Å². The van der Waals surface area contributed by atoms with Gasteiger partial charge in [-0.2, -0.15) is 0 Å². The van der Waals surface area contributed by atoms with E-state index in [1.807, 2.05) is 36.4 Å². The molecule has 6 heterocycles. The molecular weight excluding hydrogens is 1390 g/mol. The van der Waals surface area contributed by atoms with Gasteiger partial charge < -0.3 is 0 Å². The molecule has 0 saturated heterocycles. The van der Waals surface area contributed by atoms with Gasteiger partial charge in [0, 0.05) is 34.5 Å². The zero-order chi connectivity index (χ0) is 57.1. The maximum atomic E-state index is 4.27. The third-order valence-corrected chi connectivity index (χ3v) is 31.3. The number of thioether (sulfide) groups is 6. The second kappa shape index (κ2) is 36.4. The number of rotatable bonds is 27. The van der Waals surface area contributed by atoms with E-state index in [0.717, 1.165) is 86.6 Å². The van der Waals surface area contributed by atoms with Crippen molar-refractivity contribution in [2.75, 3.05) is 0 Å². The Labute approximate surface area is 559 Å². The van der Waals surface area contributed by atoms with Crippen LogP contribution < -0.4 is 0 Å². The molecule has 84 heavy (non-hydrogen) atoms. The first-order valence-electron chi connectivity index (χ1n) is 24.6. The maximum absolute atomic E-state index is 4.27. The molecule has 0 unspecified atom stereocenters. The number of nitrogens with zero attached hydrogens (tertiary/aromatic N) is 12. The van der Waals surface area contributed by atoms with Crippen molar-refractivity contribution in [1.29, 1.82) is 0 Å². The average Bonchev–Trinajstić information content (AvgIpc) is 4.47. The van der Waals surface area contributed by atoms with Gasteiger partial charge in [0.05, 0.1) is 0 Å². The van der Waals surface area contributed by atoms with E-state index in [0.29, 0.717) is 0 Å². The predicted molar refractivity (Wildman–Crippen MR) is 371 cm³/mol. The van der Waals surface area contributed by atoms with E-state index in [2.05, 4.69) is 207 Å². The molecule has 30 heteroatoms. The van der Waals surface area contributed by atoms with Crippen molar-refractivity contribution in [2.45, 2.75) is 86.6 Å². The minimum atomic E-state index is 0.902. The fraction of sp³-hybridized carbons (Fsp3) is 0.111. The summed E-state index contributed by atoms with van der Waals surface area (Å²) in [5.74, 6) is 5.45. The Hall–Kier alpha value is -3.12. The van der Waals surface area contributed by atoms with E-state index >= 15 is 0 Å². The van der Waals surface area contributed by atoms with Crippen LogP contribution >= 0.6 is 203 Å². The Balaban J connectivity index is 0.000000140. The number of benzene rings is 6. The summed E-state index contributed by atoms with van der Waals surface area (Å²) in [6.45, 7) is 0. The normalized spacial score (nSPS) is 11.0. The number of hydrogen-bond acceptors (Lipinski definition) is 30. The van der Waals surface area contributed by atoms with E-state index < -0.39 is 0 Å². The number of aromatic nitrogens is 12. The van der Waals surface area contributed by atoms with Crippen molar-refractivity contribution in [3.8, 4) is 0 Å². The fourth-order valence-corrected chi connectivity index (χ4v) is 26.3. The Bertz CT molecular complexity index is 3500. The molecule has 0 bridgehead atoms. The molecule has 12 rings (SSSR count). The molecule has 0 aliphatic carbocycles. The summed E-state index contributed by atoms with van der Waals surface area (Å²) in [4.78, 5) is 0. The van der Waals surface area contributed by atoms with Crippen LogP contribution in [0, 0.1) is 0 Å². The van der Waals surface area contributed by atoms with E-state index in [-0.39, 0.29) is 0 Å². The average molecular weight is 1440 g/mol. The summed E-state index contributed by atoms with van der Waals surface area (Å²) in [5, 5.41) is 51.2. The second-order valence-electron chi connectivity index (χ2n) is 16.2. The molecular formula is C54H42N12S18. The minimum absolute atomic E-state index is 0.902. The van der Waals surface area contributed by atoms with Gasteiger partial charge >= 0.3 is 0 Å². The van der Waals surface area contributed by atoms with Crippen molar-refractivity contribution >= 4 is 203 Å². The summed E-state index contributed by atoms with van der Waals surface area (Å²) in [5.41, 5.74) is 7.75. The van der Waals surface area contributed by atoms with Gasteiger partial charge in [0.2, 0.25) is 0 Å². The minimum Gasteiger partial charge on any atom is -0.131 e. The summed E-state index contributed by atoms with van der Waals surface area (Å²) >= 11 is 21.5. The quantitative estimate of drug-likeness (QED) is 0.0354. The number of hydrogen-bond donors (Lipinski definition) is 0.